The van der Waals surface area contributed by atoms with Gasteiger partial charge in [-0.1, -0.05) is 19.1 Å². The Morgan fingerprint density at radius 3 is 2.52 bits per heavy atom. The van der Waals surface area contributed by atoms with E-state index in [9.17, 15) is 4.79 Å². The first-order valence-electron chi connectivity index (χ1n) is 7.08. The van der Waals surface area contributed by atoms with E-state index in [0.717, 1.165) is 17.7 Å². The van der Waals surface area contributed by atoms with E-state index in [1.54, 1.807) is 19.2 Å². The van der Waals surface area contributed by atoms with E-state index in [0.29, 0.717) is 23.5 Å². The van der Waals surface area contributed by atoms with Gasteiger partial charge in [-0.2, -0.15) is 0 Å². The van der Waals surface area contributed by atoms with Crippen LogP contribution in [0.15, 0.2) is 42.5 Å². The molecule has 3 nitrogen and oxygen atoms in total. The minimum atomic E-state index is -0.0348. The van der Waals surface area contributed by atoms with Gasteiger partial charge < -0.3 is 9.47 Å². The van der Waals surface area contributed by atoms with Crippen LogP contribution in [0.3, 0.4) is 0 Å². The maximum Gasteiger partial charge on any atom is 0.196 e. The van der Waals surface area contributed by atoms with Gasteiger partial charge in [0.1, 0.15) is 11.5 Å². The highest BCUT2D eigenvalue weighted by atomic mass is 16.5. The molecule has 0 unspecified atom stereocenters. The van der Waals surface area contributed by atoms with Crippen LogP contribution in [0.1, 0.15) is 34.8 Å². The van der Waals surface area contributed by atoms with Crippen LogP contribution in [-0.2, 0) is 0 Å². The molecule has 0 aliphatic heterocycles. The third kappa shape index (κ3) is 3.43. The maximum absolute atomic E-state index is 12.7. The summed E-state index contributed by atoms with van der Waals surface area (Å²) in [6, 6.07) is 12.8. The smallest absolute Gasteiger partial charge is 0.196 e. The number of hydrogen-bond acceptors (Lipinski definition) is 3. The number of benzene rings is 2. The third-order valence-corrected chi connectivity index (χ3v) is 3.25. The fraction of sp³-hybridized carbons (Fsp3) is 0.278. The number of ketones is 1. The predicted molar refractivity (Wildman–Crippen MR) is 83.4 cm³/mol. The second kappa shape index (κ2) is 6.93. The van der Waals surface area contributed by atoms with E-state index in [4.69, 9.17) is 9.47 Å². The minimum Gasteiger partial charge on any atom is -0.496 e. The molecule has 2 aromatic carbocycles. The zero-order valence-electron chi connectivity index (χ0n) is 12.7. The van der Waals surface area contributed by atoms with Crippen LogP contribution < -0.4 is 9.47 Å². The lowest BCUT2D eigenvalue weighted by molar-refractivity contribution is 0.103. The standard InChI is InChI=1S/C18H20O3/c1-4-11-21-17-8-6-5-7-15(17)18(19)14-9-10-16(20-3)13(2)12-14/h5-10,12H,4,11H2,1-3H3. The molecule has 0 aromatic heterocycles. The zero-order valence-corrected chi connectivity index (χ0v) is 12.7. The van der Waals surface area contributed by atoms with Gasteiger partial charge in [0.15, 0.2) is 5.78 Å². The van der Waals surface area contributed by atoms with Gasteiger partial charge >= 0.3 is 0 Å². The Labute approximate surface area is 125 Å². The number of aryl methyl sites for hydroxylation is 1. The molecule has 3 heteroatoms. The Balaban J connectivity index is 2.33. The average molecular weight is 284 g/mol. The van der Waals surface area contributed by atoms with Crippen molar-refractivity contribution in [3.63, 3.8) is 0 Å². The summed E-state index contributed by atoms with van der Waals surface area (Å²) in [4.78, 5) is 12.7. The number of ether oxygens (including phenoxy) is 2. The van der Waals surface area contributed by atoms with Crippen molar-refractivity contribution in [1.82, 2.24) is 0 Å². The Bertz CT molecular complexity index is 632. The predicted octanol–water partition coefficient (Wildman–Crippen LogP) is 4.02. The number of carbonyl (C=O) groups is 1. The second-order valence-electron chi connectivity index (χ2n) is 4.86. The molecule has 2 aromatic rings. The van der Waals surface area contributed by atoms with Gasteiger partial charge in [0, 0.05) is 5.56 Å². The van der Waals surface area contributed by atoms with Gasteiger partial charge in [-0.05, 0) is 49.2 Å². The maximum atomic E-state index is 12.7. The molecule has 0 aliphatic carbocycles. The van der Waals surface area contributed by atoms with Crippen molar-refractivity contribution in [2.24, 2.45) is 0 Å². The highest BCUT2D eigenvalue weighted by Gasteiger charge is 2.15. The zero-order chi connectivity index (χ0) is 15.2. The highest BCUT2D eigenvalue weighted by Crippen LogP contribution is 2.24. The van der Waals surface area contributed by atoms with Crippen LogP contribution >= 0.6 is 0 Å². The van der Waals surface area contributed by atoms with E-state index >= 15 is 0 Å². The molecular weight excluding hydrogens is 264 g/mol. The van der Waals surface area contributed by atoms with Crippen molar-refractivity contribution in [2.45, 2.75) is 20.3 Å². The van der Waals surface area contributed by atoms with Crippen molar-refractivity contribution in [3.05, 3.63) is 59.2 Å². The summed E-state index contributed by atoms with van der Waals surface area (Å²) in [6.07, 6.45) is 0.907. The molecular formula is C18H20O3. The molecule has 0 atom stereocenters. The number of methoxy groups -OCH3 is 1. The van der Waals surface area contributed by atoms with E-state index in [-0.39, 0.29) is 5.78 Å². The Morgan fingerprint density at radius 1 is 1.10 bits per heavy atom. The lowest BCUT2D eigenvalue weighted by atomic mass is 10.0. The van der Waals surface area contributed by atoms with Gasteiger partial charge in [-0.25, -0.2) is 0 Å². The Hall–Kier alpha value is -2.29. The first-order chi connectivity index (χ1) is 10.2. The fourth-order valence-corrected chi connectivity index (χ4v) is 2.17. The number of para-hydroxylation sites is 1. The molecule has 2 rings (SSSR count). The van der Waals surface area contributed by atoms with E-state index in [1.165, 1.54) is 0 Å². The molecule has 0 aliphatic rings. The van der Waals surface area contributed by atoms with Crippen molar-refractivity contribution >= 4 is 5.78 Å². The molecule has 0 saturated carbocycles. The summed E-state index contributed by atoms with van der Waals surface area (Å²) in [5.41, 5.74) is 2.17. The number of hydrogen-bond donors (Lipinski definition) is 0. The quantitative estimate of drug-likeness (QED) is 0.751. The molecule has 0 heterocycles. The van der Waals surface area contributed by atoms with Crippen molar-refractivity contribution < 1.29 is 14.3 Å². The summed E-state index contributed by atoms with van der Waals surface area (Å²) in [5, 5.41) is 0. The molecule has 0 fully saturated rings. The summed E-state index contributed by atoms with van der Waals surface area (Å²) in [7, 11) is 1.62. The lowest BCUT2D eigenvalue weighted by Gasteiger charge is -2.11. The average Bonchev–Trinajstić information content (AvgIpc) is 2.52. The first kappa shape index (κ1) is 15.1. The normalized spacial score (nSPS) is 10.2. The van der Waals surface area contributed by atoms with Gasteiger partial charge in [0.05, 0.1) is 19.3 Å². The van der Waals surface area contributed by atoms with Crippen molar-refractivity contribution in [2.75, 3.05) is 13.7 Å². The van der Waals surface area contributed by atoms with Crippen LogP contribution in [-0.4, -0.2) is 19.5 Å². The fourth-order valence-electron chi connectivity index (χ4n) is 2.17. The lowest BCUT2D eigenvalue weighted by Crippen LogP contribution is -2.06. The molecule has 0 bridgehead atoms. The van der Waals surface area contributed by atoms with Crippen LogP contribution in [0.2, 0.25) is 0 Å². The van der Waals surface area contributed by atoms with E-state index in [2.05, 4.69) is 0 Å². The Kier molecular flexibility index (Phi) is 4.99. The van der Waals surface area contributed by atoms with E-state index in [1.807, 2.05) is 44.2 Å². The molecule has 0 amide bonds. The summed E-state index contributed by atoms with van der Waals surface area (Å²) >= 11 is 0. The molecule has 0 radical (unpaired) electrons. The molecule has 0 saturated heterocycles. The summed E-state index contributed by atoms with van der Waals surface area (Å²) in [6.45, 7) is 4.57. The van der Waals surface area contributed by atoms with Gasteiger partial charge in [0.2, 0.25) is 0 Å². The highest BCUT2D eigenvalue weighted by molar-refractivity contribution is 6.10. The SMILES string of the molecule is CCCOc1ccccc1C(=O)c1ccc(OC)c(C)c1. The number of rotatable bonds is 6. The van der Waals surface area contributed by atoms with Gasteiger partial charge in [0.25, 0.3) is 0 Å². The molecule has 0 spiro atoms. The Morgan fingerprint density at radius 2 is 1.86 bits per heavy atom. The minimum absolute atomic E-state index is 0.0348. The topological polar surface area (TPSA) is 35.5 Å². The van der Waals surface area contributed by atoms with Crippen molar-refractivity contribution in [1.29, 1.82) is 0 Å². The summed E-state index contributed by atoms with van der Waals surface area (Å²) < 4.78 is 10.9. The van der Waals surface area contributed by atoms with Crippen LogP contribution in [0.4, 0.5) is 0 Å². The van der Waals surface area contributed by atoms with Crippen molar-refractivity contribution in [3.8, 4) is 11.5 Å². The largest absolute Gasteiger partial charge is 0.496 e. The second-order valence-corrected chi connectivity index (χ2v) is 4.86. The summed E-state index contributed by atoms with van der Waals surface area (Å²) in [5.74, 6) is 1.38. The molecule has 21 heavy (non-hydrogen) atoms. The van der Waals surface area contributed by atoms with Gasteiger partial charge in [-0.15, -0.1) is 0 Å². The first-order valence-corrected chi connectivity index (χ1v) is 7.08. The van der Waals surface area contributed by atoms with Crippen LogP contribution in [0, 0.1) is 6.92 Å². The van der Waals surface area contributed by atoms with Crippen LogP contribution in [0.25, 0.3) is 0 Å². The monoisotopic (exact) mass is 284 g/mol. The number of carbonyl (C=O) groups excluding carboxylic acids is 1. The van der Waals surface area contributed by atoms with Gasteiger partial charge in [-0.3, -0.25) is 4.79 Å². The van der Waals surface area contributed by atoms with Crippen LogP contribution in [0.5, 0.6) is 11.5 Å². The molecule has 110 valence electrons. The third-order valence-electron chi connectivity index (χ3n) is 3.25. The van der Waals surface area contributed by atoms with E-state index < -0.39 is 0 Å². The molecule has 0 N–H and O–H groups in total.